The van der Waals surface area contributed by atoms with Crippen LogP contribution in [0, 0.1) is 0 Å². The van der Waals surface area contributed by atoms with E-state index in [-0.39, 0.29) is 18.8 Å². The molecule has 14 heavy (non-hydrogen) atoms. The van der Waals surface area contributed by atoms with Crippen molar-refractivity contribution in [3.05, 3.63) is 0 Å². The van der Waals surface area contributed by atoms with Crippen molar-refractivity contribution in [2.45, 2.75) is 32.1 Å². The Kier molecular flexibility index (Phi) is 7.83. The van der Waals surface area contributed by atoms with Gasteiger partial charge in [-0.3, -0.25) is 9.59 Å². The SMILES string of the molecule is NCCCOC(=O)CCCCC(=O)O. The molecule has 0 radical (unpaired) electrons. The van der Waals surface area contributed by atoms with Crippen LogP contribution in [-0.4, -0.2) is 30.2 Å². The Balaban J connectivity index is 3.22. The molecule has 0 bridgehead atoms. The molecule has 82 valence electrons. The number of nitrogens with two attached hydrogens (primary N) is 1. The highest BCUT2D eigenvalue weighted by Gasteiger charge is 2.03. The number of unbranched alkanes of at least 4 members (excludes halogenated alkanes) is 1. The van der Waals surface area contributed by atoms with Gasteiger partial charge in [0.1, 0.15) is 0 Å². The highest BCUT2D eigenvalue weighted by molar-refractivity contribution is 5.69. The molecular formula is C9H17NO4. The second kappa shape index (κ2) is 8.50. The molecule has 0 aromatic heterocycles. The van der Waals surface area contributed by atoms with Gasteiger partial charge < -0.3 is 15.6 Å². The molecule has 0 aliphatic carbocycles. The number of carboxylic acids is 1. The van der Waals surface area contributed by atoms with Crippen LogP contribution in [0.1, 0.15) is 32.1 Å². The van der Waals surface area contributed by atoms with Crippen molar-refractivity contribution in [1.29, 1.82) is 0 Å². The Morgan fingerprint density at radius 3 is 2.36 bits per heavy atom. The van der Waals surface area contributed by atoms with Crippen molar-refractivity contribution in [3.63, 3.8) is 0 Å². The number of carbonyl (C=O) groups excluding carboxylic acids is 1. The summed E-state index contributed by atoms with van der Waals surface area (Å²) >= 11 is 0. The first-order valence-corrected chi connectivity index (χ1v) is 4.74. The zero-order chi connectivity index (χ0) is 10.8. The molecule has 3 N–H and O–H groups in total. The average molecular weight is 203 g/mol. The summed E-state index contributed by atoms with van der Waals surface area (Å²) in [5, 5.41) is 8.32. The Bertz CT molecular complexity index is 182. The number of carboxylic acid groups (broad SMARTS) is 1. The largest absolute Gasteiger partial charge is 0.481 e. The number of hydrogen-bond acceptors (Lipinski definition) is 4. The van der Waals surface area contributed by atoms with Gasteiger partial charge >= 0.3 is 11.9 Å². The fourth-order valence-corrected chi connectivity index (χ4v) is 0.887. The minimum atomic E-state index is -0.832. The molecule has 0 rings (SSSR count). The number of esters is 1. The summed E-state index contributed by atoms with van der Waals surface area (Å²) in [5.41, 5.74) is 5.21. The summed E-state index contributed by atoms with van der Waals surface area (Å²) in [6.45, 7) is 0.862. The molecule has 0 aromatic rings. The molecule has 0 atom stereocenters. The van der Waals surface area contributed by atoms with Crippen LogP contribution in [0.2, 0.25) is 0 Å². The molecule has 0 aromatic carbocycles. The van der Waals surface area contributed by atoms with Crippen molar-refractivity contribution >= 4 is 11.9 Å². The highest BCUT2D eigenvalue weighted by atomic mass is 16.5. The molecule has 0 heterocycles. The smallest absolute Gasteiger partial charge is 0.305 e. The van der Waals surface area contributed by atoms with Crippen molar-refractivity contribution in [3.8, 4) is 0 Å². The predicted molar refractivity (Wildman–Crippen MR) is 50.7 cm³/mol. The van der Waals surface area contributed by atoms with E-state index < -0.39 is 5.97 Å². The molecule has 0 unspecified atom stereocenters. The third kappa shape index (κ3) is 8.99. The van der Waals surface area contributed by atoms with Gasteiger partial charge in [-0.25, -0.2) is 0 Å². The second-order valence-electron chi connectivity index (χ2n) is 2.96. The van der Waals surface area contributed by atoms with Gasteiger partial charge in [0.25, 0.3) is 0 Å². The van der Waals surface area contributed by atoms with Gasteiger partial charge in [0.2, 0.25) is 0 Å². The zero-order valence-corrected chi connectivity index (χ0v) is 8.20. The fraction of sp³-hybridized carbons (Fsp3) is 0.778. The summed E-state index contributed by atoms with van der Waals surface area (Å²) in [6, 6.07) is 0. The van der Waals surface area contributed by atoms with Crippen LogP contribution in [0.15, 0.2) is 0 Å². The maximum absolute atomic E-state index is 11.0. The van der Waals surface area contributed by atoms with Crippen LogP contribution in [0.4, 0.5) is 0 Å². The Hall–Kier alpha value is -1.10. The van der Waals surface area contributed by atoms with E-state index in [2.05, 4.69) is 0 Å². The third-order valence-electron chi connectivity index (χ3n) is 1.63. The van der Waals surface area contributed by atoms with Gasteiger partial charge in [0.05, 0.1) is 6.61 Å². The lowest BCUT2D eigenvalue weighted by Gasteiger charge is -2.02. The van der Waals surface area contributed by atoms with E-state index in [1.165, 1.54) is 0 Å². The lowest BCUT2D eigenvalue weighted by Crippen LogP contribution is -2.09. The number of ether oxygens (including phenoxy) is 1. The summed E-state index contributed by atoms with van der Waals surface area (Å²) < 4.78 is 4.82. The zero-order valence-electron chi connectivity index (χ0n) is 8.20. The molecular weight excluding hydrogens is 186 g/mol. The maximum Gasteiger partial charge on any atom is 0.305 e. The molecule has 5 heteroatoms. The van der Waals surface area contributed by atoms with Gasteiger partial charge in [0.15, 0.2) is 0 Å². The monoisotopic (exact) mass is 203 g/mol. The minimum Gasteiger partial charge on any atom is -0.481 e. The average Bonchev–Trinajstić information content (AvgIpc) is 2.13. The first-order chi connectivity index (χ1) is 6.66. The number of hydrogen-bond donors (Lipinski definition) is 2. The molecule has 0 amide bonds. The first kappa shape index (κ1) is 12.9. The van der Waals surface area contributed by atoms with Gasteiger partial charge in [-0.05, 0) is 25.8 Å². The third-order valence-corrected chi connectivity index (χ3v) is 1.63. The number of rotatable bonds is 8. The van der Waals surface area contributed by atoms with Gasteiger partial charge in [-0.1, -0.05) is 0 Å². The fourth-order valence-electron chi connectivity index (χ4n) is 0.887. The van der Waals surface area contributed by atoms with Gasteiger partial charge in [0, 0.05) is 12.8 Å². The molecule has 0 saturated carbocycles. The quantitative estimate of drug-likeness (QED) is 0.443. The summed E-state index contributed by atoms with van der Waals surface area (Å²) in [6.07, 6.45) is 2.14. The Labute approximate surface area is 83.2 Å². The van der Waals surface area contributed by atoms with Crippen LogP contribution in [-0.2, 0) is 14.3 Å². The summed E-state index contributed by atoms with van der Waals surface area (Å²) in [7, 11) is 0. The number of carbonyl (C=O) groups is 2. The molecule has 0 saturated heterocycles. The normalized spacial score (nSPS) is 9.79. The minimum absolute atomic E-state index is 0.107. The standard InChI is InChI=1S/C9H17NO4/c10-6-3-7-14-9(13)5-2-1-4-8(11)12/h1-7,10H2,(H,11,12). The Morgan fingerprint density at radius 2 is 1.79 bits per heavy atom. The van der Waals surface area contributed by atoms with E-state index >= 15 is 0 Å². The molecule has 0 fully saturated rings. The maximum atomic E-state index is 11.0. The van der Waals surface area contributed by atoms with E-state index in [1.807, 2.05) is 0 Å². The predicted octanol–water partition coefficient (Wildman–Crippen LogP) is 0.523. The molecule has 0 aliphatic rings. The molecule has 5 nitrogen and oxygen atoms in total. The Morgan fingerprint density at radius 1 is 1.14 bits per heavy atom. The van der Waals surface area contributed by atoms with Crippen LogP contribution >= 0.6 is 0 Å². The second-order valence-corrected chi connectivity index (χ2v) is 2.96. The lowest BCUT2D eigenvalue weighted by atomic mass is 10.2. The van der Waals surface area contributed by atoms with Crippen LogP contribution in [0.5, 0.6) is 0 Å². The van der Waals surface area contributed by atoms with Crippen LogP contribution < -0.4 is 5.73 Å². The lowest BCUT2D eigenvalue weighted by molar-refractivity contribution is -0.144. The van der Waals surface area contributed by atoms with Crippen molar-refractivity contribution < 1.29 is 19.4 Å². The summed E-state index contributed by atoms with van der Waals surface area (Å²) in [5.74, 6) is -1.11. The van der Waals surface area contributed by atoms with E-state index in [4.69, 9.17) is 15.6 Å². The van der Waals surface area contributed by atoms with Crippen molar-refractivity contribution in [2.75, 3.05) is 13.2 Å². The number of aliphatic carboxylic acids is 1. The van der Waals surface area contributed by atoms with Crippen molar-refractivity contribution in [1.82, 2.24) is 0 Å². The van der Waals surface area contributed by atoms with Crippen LogP contribution in [0.25, 0.3) is 0 Å². The van der Waals surface area contributed by atoms with E-state index in [1.54, 1.807) is 0 Å². The topological polar surface area (TPSA) is 89.6 Å². The van der Waals surface area contributed by atoms with Gasteiger partial charge in [-0.2, -0.15) is 0 Å². The highest BCUT2D eigenvalue weighted by Crippen LogP contribution is 2.01. The van der Waals surface area contributed by atoms with Crippen molar-refractivity contribution in [2.24, 2.45) is 5.73 Å². The first-order valence-electron chi connectivity index (χ1n) is 4.74. The van der Waals surface area contributed by atoms with E-state index in [9.17, 15) is 9.59 Å². The molecule has 0 aliphatic heterocycles. The van der Waals surface area contributed by atoms with E-state index in [0.29, 0.717) is 32.4 Å². The molecule has 0 spiro atoms. The van der Waals surface area contributed by atoms with E-state index in [0.717, 1.165) is 0 Å². The summed E-state index contributed by atoms with van der Waals surface area (Å²) in [4.78, 5) is 21.1. The van der Waals surface area contributed by atoms with Gasteiger partial charge in [-0.15, -0.1) is 0 Å². The van der Waals surface area contributed by atoms with Crippen LogP contribution in [0.3, 0.4) is 0 Å².